The highest BCUT2D eigenvalue weighted by molar-refractivity contribution is 9.10. The zero-order chi connectivity index (χ0) is 13.1. The average Bonchev–Trinajstić information content (AvgIpc) is 2.32. The Morgan fingerprint density at radius 2 is 2.00 bits per heavy atom. The van der Waals surface area contributed by atoms with Gasteiger partial charge >= 0.3 is 0 Å². The summed E-state index contributed by atoms with van der Waals surface area (Å²) in [5.74, 6) is -0.201. The van der Waals surface area contributed by atoms with E-state index in [2.05, 4.69) is 15.9 Å². The maximum Gasteiger partial charge on any atom is 0.126 e. The molecule has 0 bridgehead atoms. The van der Waals surface area contributed by atoms with Crippen molar-refractivity contribution in [1.82, 2.24) is 0 Å². The highest BCUT2D eigenvalue weighted by atomic mass is 79.9. The van der Waals surface area contributed by atoms with Gasteiger partial charge in [-0.3, -0.25) is 0 Å². The second-order valence-corrected chi connectivity index (χ2v) is 5.75. The Labute approximate surface area is 120 Å². The molecule has 0 spiro atoms. The number of hydrogen-bond acceptors (Lipinski definition) is 0. The van der Waals surface area contributed by atoms with Crippen LogP contribution in [0.4, 0.5) is 4.39 Å². The summed E-state index contributed by atoms with van der Waals surface area (Å²) >= 11 is 9.76. The Bertz CT molecular complexity index is 554. The lowest BCUT2D eigenvalue weighted by atomic mass is 10.0. The van der Waals surface area contributed by atoms with Crippen LogP contribution < -0.4 is 0 Å². The molecule has 0 aromatic heterocycles. The van der Waals surface area contributed by atoms with E-state index in [9.17, 15) is 4.39 Å². The molecule has 0 aliphatic rings. The molecule has 0 N–H and O–H groups in total. The first kappa shape index (κ1) is 13.6. The fourth-order valence-corrected chi connectivity index (χ4v) is 2.55. The van der Waals surface area contributed by atoms with Gasteiger partial charge in [-0.05, 0) is 48.2 Å². The molecule has 0 aliphatic carbocycles. The van der Waals surface area contributed by atoms with E-state index in [4.69, 9.17) is 11.6 Å². The van der Waals surface area contributed by atoms with Gasteiger partial charge in [0.25, 0.3) is 0 Å². The van der Waals surface area contributed by atoms with Gasteiger partial charge in [0.15, 0.2) is 0 Å². The summed E-state index contributed by atoms with van der Waals surface area (Å²) in [6, 6.07) is 13.2. The number of rotatable bonds is 3. The van der Waals surface area contributed by atoms with E-state index in [1.54, 1.807) is 13.0 Å². The van der Waals surface area contributed by atoms with E-state index >= 15 is 0 Å². The lowest BCUT2D eigenvalue weighted by Gasteiger charge is -2.11. The smallest absolute Gasteiger partial charge is 0.126 e. The topological polar surface area (TPSA) is 0 Å². The van der Waals surface area contributed by atoms with Crippen molar-refractivity contribution in [3.8, 4) is 0 Å². The van der Waals surface area contributed by atoms with Gasteiger partial charge in [0.2, 0.25) is 0 Å². The lowest BCUT2D eigenvalue weighted by Crippen LogP contribution is -1.97. The molecule has 0 amide bonds. The third kappa shape index (κ3) is 3.33. The van der Waals surface area contributed by atoms with Crippen LogP contribution in [0.1, 0.15) is 22.1 Å². The molecular weight excluding hydrogens is 315 g/mol. The van der Waals surface area contributed by atoms with Crippen LogP contribution in [0.3, 0.4) is 0 Å². The van der Waals surface area contributed by atoms with E-state index in [-0.39, 0.29) is 11.2 Å². The number of hydrogen-bond donors (Lipinski definition) is 0. The van der Waals surface area contributed by atoms with Crippen LogP contribution >= 0.6 is 27.5 Å². The van der Waals surface area contributed by atoms with E-state index in [1.165, 1.54) is 6.07 Å². The fraction of sp³-hybridized carbons (Fsp3) is 0.200. The second kappa shape index (κ2) is 5.85. The largest absolute Gasteiger partial charge is 0.207 e. The zero-order valence-corrected chi connectivity index (χ0v) is 12.3. The minimum absolute atomic E-state index is 0.201. The summed E-state index contributed by atoms with van der Waals surface area (Å²) in [5.41, 5.74) is 2.59. The molecule has 0 saturated carbocycles. The minimum Gasteiger partial charge on any atom is -0.207 e. The SMILES string of the molecule is Cc1ccc(C(Cl)Cc2cccc(Br)c2)cc1F. The molecule has 94 valence electrons. The zero-order valence-electron chi connectivity index (χ0n) is 9.96. The van der Waals surface area contributed by atoms with E-state index in [0.717, 1.165) is 15.6 Å². The second-order valence-electron chi connectivity index (χ2n) is 4.31. The average molecular weight is 328 g/mol. The van der Waals surface area contributed by atoms with Crippen LogP contribution in [0.5, 0.6) is 0 Å². The lowest BCUT2D eigenvalue weighted by molar-refractivity contribution is 0.615. The van der Waals surface area contributed by atoms with Crippen LogP contribution in [-0.4, -0.2) is 0 Å². The fourth-order valence-electron chi connectivity index (χ4n) is 1.79. The van der Waals surface area contributed by atoms with Crippen molar-refractivity contribution in [2.24, 2.45) is 0 Å². The summed E-state index contributed by atoms with van der Waals surface area (Å²) in [7, 11) is 0. The molecule has 0 saturated heterocycles. The number of alkyl halides is 1. The molecule has 0 nitrogen and oxygen atoms in total. The molecule has 3 heteroatoms. The van der Waals surface area contributed by atoms with Crippen LogP contribution in [0.2, 0.25) is 0 Å². The summed E-state index contributed by atoms with van der Waals surface area (Å²) in [5, 5.41) is -0.214. The summed E-state index contributed by atoms with van der Waals surface area (Å²) in [4.78, 5) is 0. The number of halogens is 3. The van der Waals surface area contributed by atoms with Gasteiger partial charge in [0.1, 0.15) is 5.82 Å². The first-order valence-corrected chi connectivity index (χ1v) is 6.94. The Kier molecular flexibility index (Phi) is 4.41. The predicted octanol–water partition coefficient (Wildman–Crippen LogP) is 5.42. The predicted molar refractivity (Wildman–Crippen MR) is 77.6 cm³/mol. The molecular formula is C15H13BrClF. The van der Waals surface area contributed by atoms with Crippen molar-refractivity contribution >= 4 is 27.5 Å². The Balaban J connectivity index is 2.16. The van der Waals surface area contributed by atoms with Gasteiger partial charge in [0.05, 0.1) is 5.38 Å². The van der Waals surface area contributed by atoms with Crippen molar-refractivity contribution in [3.05, 3.63) is 69.4 Å². The van der Waals surface area contributed by atoms with Crippen LogP contribution in [0, 0.1) is 12.7 Å². The van der Waals surface area contributed by atoms with Gasteiger partial charge in [-0.2, -0.15) is 0 Å². The summed E-state index contributed by atoms with van der Waals surface area (Å²) in [6.07, 6.45) is 0.684. The minimum atomic E-state index is -0.214. The van der Waals surface area contributed by atoms with Crippen molar-refractivity contribution < 1.29 is 4.39 Å². The third-order valence-corrected chi connectivity index (χ3v) is 3.76. The number of aryl methyl sites for hydroxylation is 1. The van der Waals surface area contributed by atoms with Crippen molar-refractivity contribution in [1.29, 1.82) is 0 Å². The molecule has 2 aromatic rings. The summed E-state index contributed by atoms with van der Waals surface area (Å²) in [6.45, 7) is 1.75. The maximum absolute atomic E-state index is 13.5. The van der Waals surface area contributed by atoms with Crippen molar-refractivity contribution in [2.45, 2.75) is 18.7 Å². The van der Waals surface area contributed by atoms with Crippen LogP contribution in [-0.2, 0) is 6.42 Å². The van der Waals surface area contributed by atoms with Crippen LogP contribution in [0.15, 0.2) is 46.9 Å². The Morgan fingerprint density at radius 3 is 2.67 bits per heavy atom. The van der Waals surface area contributed by atoms with Gasteiger partial charge in [-0.25, -0.2) is 4.39 Å². The van der Waals surface area contributed by atoms with Gasteiger partial charge in [-0.15, -0.1) is 11.6 Å². The Hall–Kier alpha value is -0.860. The molecule has 0 radical (unpaired) electrons. The van der Waals surface area contributed by atoms with Crippen molar-refractivity contribution in [2.75, 3.05) is 0 Å². The van der Waals surface area contributed by atoms with Crippen LogP contribution in [0.25, 0.3) is 0 Å². The maximum atomic E-state index is 13.5. The monoisotopic (exact) mass is 326 g/mol. The quantitative estimate of drug-likeness (QED) is 0.660. The Morgan fingerprint density at radius 1 is 1.22 bits per heavy atom. The van der Waals surface area contributed by atoms with E-state index in [0.29, 0.717) is 12.0 Å². The number of benzene rings is 2. The molecule has 1 unspecified atom stereocenters. The first-order chi connectivity index (χ1) is 8.56. The third-order valence-electron chi connectivity index (χ3n) is 2.86. The molecule has 0 heterocycles. The molecule has 1 atom stereocenters. The highest BCUT2D eigenvalue weighted by Crippen LogP contribution is 2.27. The molecule has 2 rings (SSSR count). The first-order valence-electron chi connectivity index (χ1n) is 5.71. The van der Waals surface area contributed by atoms with Gasteiger partial charge < -0.3 is 0 Å². The van der Waals surface area contributed by atoms with E-state index < -0.39 is 0 Å². The molecule has 18 heavy (non-hydrogen) atoms. The summed E-state index contributed by atoms with van der Waals surface area (Å²) < 4.78 is 14.5. The molecule has 2 aromatic carbocycles. The normalized spacial score (nSPS) is 12.4. The molecule has 0 aliphatic heterocycles. The van der Waals surface area contributed by atoms with E-state index in [1.807, 2.05) is 30.3 Å². The van der Waals surface area contributed by atoms with Gasteiger partial charge in [0, 0.05) is 4.47 Å². The highest BCUT2D eigenvalue weighted by Gasteiger charge is 2.11. The standard InChI is InChI=1S/C15H13BrClF/c1-10-5-6-12(9-15(10)18)14(17)8-11-3-2-4-13(16)7-11/h2-7,9,14H,8H2,1H3. The molecule has 0 fully saturated rings. The van der Waals surface area contributed by atoms with Crippen molar-refractivity contribution in [3.63, 3.8) is 0 Å². The van der Waals surface area contributed by atoms with Gasteiger partial charge in [-0.1, -0.05) is 40.2 Å².